The van der Waals surface area contributed by atoms with E-state index >= 15 is 0 Å². The van der Waals surface area contributed by atoms with Crippen LogP contribution in [-0.4, -0.2) is 140 Å². The van der Waals surface area contributed by atoms with Gasteiger partial charge in [-0.3, -0.25) is 14.5 Å². The van der Waals surface area contributed by atoms with E-state index < -0.39 is 26.3 Å². The highest BCUT2D eigenvalue weighted by Gasteiger charge is 2.69. The van der Waals surface area contributed by atoms with E-state index in [1.807, 2.05) is 0 Å². The van der Waals surface area contributed by atoms with Crippen molar-refractivity contribution in [3.05, 3.63) is 59.7 Å². The molecule has 10 fully saturated rings. The number of hydrogen-bond donors (Lipinski definition) is 1. The number of fused-ring (bicyclic) bond motifs is 7. The average molecular weight is 960 g/mol. The Morgan fingerprint density at radius 3 is 2.19 bits per heavy atom. The second-order valence-electron chi connectivity index (χ2n) is 24.1. The molecule has 68 heavy (non-hydrogen) atoms. The van der Waals surface area contributed by atoms with Crippen molar-refractivity contribution in [3.8, 4) is 0 Å². The number of imide groups is 1. The summed E-state index contributed by atoms with van der Waals surface area (Å²) < 4.78 is 62.6. The number of carbonyl (C=O) groups excluding carboxylic acids is 2. The third-order valence-corrected chi connectivity index (χ3v) is 23.1. The number of aliphatic hydroxyl groups excluding tert-OH is 1. The topological polar surface area (TPSA) is 141 Å². The van der Waals surface area contributed by atoms with Crippen LogP contribution in [0.1, 0.15) is 139 Å². The predicted octanol–water partition coefficient (Wildman–Crippen LogP) is 8.22. The number of rotatable bonds is 6. The second-order valence-corrected chi connectivity index (χ2v) is 28.9. The van der Waals surface area contributed by atoms with Gasteiger partial charge in [-0.1, -0.05) is 59.9 Å². The molecule has 1 N–H and O–H groups in total. The first-order chi connectivity index (χ1) is 32.3. The van der Waals surface area contributed by atoms with Crippen LogP contribution in [0.25, 0.3) is 0 Å². The summed E-state index contributed by atoms with van der Waals surface area (Å²) in [4.78, 5) is 29.0. The fourth-order valence-electron chi connectivity index (χ4n) is 13.7. The summed E-state index contributed by atoms with van der Waals surface area (Å²) in [6.07, 6.45) is 5.83. The Kier molecular flexibility index (Phi) is 12.7. The fraction of sp³-hybridized carbons (Fsp3) is 0.778. The molecule has 20 atom stereocenters. The monoisotopic (exact) mass is 960 g/mol. The lowest BCUT2D eigenvalue weighted by molar-refractivity contribution is -0.294. The number of aliphatic hydroxyl groups is 1. The molecule has 11 aliphatic rings. The normalized spacial score (nSPS) is 45.3. The molecule has 11 heterocycles. The molecule has 1 spiro atoms. The number of hydrogen-bond acceptors (Lipinski definition) is 12. The van der Waals surface area contributed by atoms with Gasteiger partial charge < -0.3 is 47.4 Å². The van der Waals surface area contributed by atoms with Crippen molar-refractivity contribution in [1.82, 2.24) is 4.90 Å². The zero-order valence-corrected chi connectivity index (χ0v) is 42.5. The molecule has 13 nitrogen and oxygen atoms in total. The minimum absolute atomic E-state index is 0.0197. The van der Waals surface area contributed by atoms with E-state index in [9.17, 15) is 14.7 Å². The van der Waals surface area contributed by atoms with Crippen molar-refractivity contribution in [2.75, 3.05) is 6.54 Å². The van der Waals surface area contributed by atoms with Crippen molar-refractivity contribution in [1.29, 1.82) is 0 Å². The Balaban J connectivity index is 0.869. The molecule has 10 saturated heterocycles. The molecule has 0 aromatic heterocycles. The quantitative estimate of drug-likeness (QED) is 0.167. The van der Waals surface area contributed by atoms with Gasteiger partial charge in [-0.15, -0.1) is 0 Å². The molecule has 1 aromatic carbocycles. The van der Waals surface area contributed by atoms with Gasteiger partial charge in [0.25, 0.3) is 11.8 Å². The van der Waals surface area contributed by atoms with Crippen molar-refractivity contribution in [2.24, 2.45) is 17.8 Å². The Labute approximate surface area is 404 Å². The fourth-order valence-corrected chi connectivity index (χ4v) is 15.1. The van der Waals surface area contributed by atoms with Crippen molar-refractivity contribution < 1.29 is 57.0 Å². The average Bonchev–Trinajstić information content (AvgIpc) is 4.01. The van der Waals surface area contributed by atoms with Gasteiger partial charge >= 0.3 is 0 Å². The van der Waals surface area contributed by atoms with Gasteiger partial charge in [0.2, 0.25) is 0 Å². The summed E-state index contributed by atoms with van der Waals surface area (Å²) >= 11 is 0. The standard InChI is InChI=1S/C54H77NO12Si/c1-28-20-33-14-16-40-29(2)21-35(59-40)18-19-54-26-45-47(65-54)48-49(64-45)50(66-54)46-41(63-48)17-15-34(61-46)22-32(56)23-39-31(4)42(62-44(39)25-43(60-33)30(28)3)24-36(67-68(8,9)53(5,6)7)27-55-51(57)37-12-10-11-13-38(37)52(55)58/h10-13,28,31-36,39-50,56H,2-3,14-27H2,1,4-9H3/t28-,31-,32?,33+,34?,35+,36+,39?,40?,41+,42-,43-,44?,45?,46+,47+,48+,49-,50+,54?/m1/s1. The van der Waals surface area contributed by atoms with Crippen molar-refractivity contribution in [3.63, 3.8) is 0 Å². The zero-order chi connectivity index (χ0) is 47.6. The predicted molar refractivity (Wildman–Crippen MR) is 254 cm³/mol. The molecule has 0 radical (unpaired) electrons. The third kappa shape index (κ3) is 8.68. The largest absolute Gasteiger partial charge is 0.412 e. The summed E-state index contributed by atoms with van der Waals surface area (Å²) in [5, 5.41) is 12.1. The van der Waals surface area contributed by atoms with Crippen LogP contribution in [0.15, 0.2) is 48.6 Å². The zero-order valence-electron chi connectivity index (χ0n) is 41.5. The minimum atomic E-state index is -2.40. The molecular weight excluding hydrogens is 883 g/mol. The lowest BCUT2D eigenvalue weighted by Crippen LogP contribution is -2.61. The molecule has 7 unspecified atom stereocenters. The number of ether oxygens (including phenoxy) is 8. The summed E-state index contributed by atoms with van der Waals surface area (Å²) in [6.45, 7) is 24.8. The second kappa shape index (κ2) is 18.0. The number of amides is 2. The molecule has 374 valence electrons. The van der Waals surface area contributed by atoms with Crippen LogP contribution < -0.4 is 0 Å². The van der Waals surface area contributed by atoms with E-state index in [4.69, 9.17) is 42.3 Å². The molecule has 0 saturated carbocycles. The van der Waals surface area contributed by atoms with Crippen LogP contribution in [0, 0.1) is 17.8 Å². The molecule has 2 amide bonds. The van der Waals surface area contributed by atoms with Gasteiger partial charge in [0.1, 0.15) is 30.5 Å². The first-order valence-electron chi connectivity index (χ1n) is 26.3. The highest BCUT2D eigenvalue weighted by Crippen LogP contribution is 2.55. The van der Waals surface area contributed by atoms with E-state index in [1.165, 1.54) is 4.90 Å². The Hall–Kier alpha value is -2.34. The smallest absolute Gasteiger partial charge is 0.261 e. The number of carbonyl (C=O) groups is 2. The van der Waals surface area contributed by atoms with Crippen LogP contribution >= 0.6 is 0 Å². The Bertz CT molecular complexity index is 2090. The van der Waals surface area contributed by atoms with Gasteiger partial charge in [0.05, 0.1) is 84.8 Å². The van der Waals surface area contributed by atoms with Gasteiger partial charge in [-0.25, -0.2) is 0 Å². The van der Waals surface area contributed by atoms with E-state index in [0.29, 0.717) is 49.7 Å². The minimum Gasteiger partial charge on any atom is -0.412 e. The highest BCUT2D eigenvalue weighted by atomic mass is 28.4. The van der Waals surface area contributed by atoms with E-state index in [0.717, 1.165) is 56.1 Å². The maximum Gasteiger partial charge on any atom is 0.261 e. The van der Waals surface area contributed by atoms with Crippen molar-refractivity contribution in [2.45, 2.75) is 240 Å². The maximum absolute atomic E-state index is 13.8. The lowest BCUT2D eigenvalue weighted by atomic mass is 9.78. The van der Waals surface area contributed by atoms with Crippen molar-refractivity contribution >= 4 is 20.1 Å². The Morgan fingerprint density at radius 2 is 1.44 bits per heavy atom. The third-order valence-electron chi connectivity index (χ3n) is 18.6. The van der Waals surface area contributed by atoms with Gasteiger partial charge in [0.15, 0.2) is 14.1 Å². The van der Waals surface area contributed by atoms with Crippen LogP contribution in [0.4, 0.5) is 0 Å². The molecule has 11 aliphatic heterocycles. The SMILES string of the molecule is C=C1C[C@@H]2CCC34CC5O[C@H]6[C@@H](O3)[C@H]3OC(CC[C@@H]3O[C@H]6[C@H]5O4)CC(O)CC3C(C[C@H]4O[C@@H](CCC1O2)C[C@@H](C)C4=C)O[C@H](C[C@@H](CN1C(=O)c2ccccc2C1=O)O[Si](C)(C)C(C)(C)C)[C@@H]3C. The Morgan fingerprint density at radius 1 is 0.765 bits per heavy atom. The number of nitrogens with zero attached hydrogens (tertiary/aromatic N) is 1. The van der Waals surface area contributed by atoms with E-state index in [2.05, 4.69) is 60.9 Å². The van der Waals surface area contributed by atoms with Crippen LogP contribution in [0.3, 0.4) is 0 Å². The first kappa shape index (κ1) is 48.0. The van der Waals surface area contributed by atoms with E-state index in [-0.39, 0.29) is 127 Å². The summed E-state index contributed by atoms with van der Waals surface area (Å²) in [5.74, 6) is -1.09. The molecule has 14 heteroatoms. The molecule has 12 rings (SSSR count). The molecule has 1 aromatic rings. The van der Waals surface area contributed by atoms with Gasteiger partial charge in [-0.2, -0.15) is 0 Å². The van der Waals surface area contributed by atoms with Crippen LogP contribution in [-0.2, 0) is 42.3 Å². The lowest BCUT2D eigenvalue weighted by Gasteiger charge is -2.47. The number of benzene rings is 1. The summed E-state index contributed by atoms with van der Waals surface area (Å²) in [6, 6.07) is 7.06. The highest BCUT2D eigenvalue weighted by molar-refractivity contribution is 6.74. The molecule has 12 bridgehead atoms. The first-order valence-corrected chi connectivity index (χ1v) is 29.2. The van der Waals surface area contributed by atoms with Gasteiger partial charge in [-0.05, 0) is 117 Å². The van der Waals surface area contributed by atoms with Gasteiger partial charge in [0, 0.05) is 25.7 Å². The van der Waals surface area contributed by atoms with Crippen LogP contribution in [0.5, 0.6) is 0 Å². The molecule has 0 aliphatic carbocycles. The molecular formula is C54H77NO12Si. The van der Waals surface area contributed by atoms with E-state index in [1.54, 1.807) is 24.3 Å². The maximum atomic E-state index is 13.8. The summed E-state index contributed by atoms with van der Waals surface area (Å²) in [7, 11) is -2.40. The van der Waals surface area contributed by atoms with Crippen LogP contribution in [0.2, 0.25) is 18.1 Å². The summed E-state index contributed by atoms with van der Waals surface area (Å²) in [5.41, 5.74) is 3.09.